The summed E-state index contributed by atoms with van der Waals surface area (Å²) in [7, 11) is 1.19. The van der Waals surface area contributed by atoms with Gasteiger partial charge in [0.05, 0.1) is 13.7 Å². The quantitative estimate of drug-likeness (QED) is 0.362. The van der Waals surface area contributed by atoms with Crippen molar-refractivity contribution in [1.29, 1.82) is 0 Å². The first-order valence-electron chi connectivity index (χ1n) is 4.49. The van der Waals surface area contributed by atoms with Crippen LogP contribution < -0.4 is 0 Å². The van der Waals surface area contributed by atoms with Crippen molar-refractivity contribution < 1.29 is 14.3 Å². The molecule has 1 saturated carbocycles. The van der Waals surface area contributed by atoms with Gasteiger partial charge >= 0.3 is 11.9 Å². The van der Waals surface area contributed by atoms with E-state index in [2.05, 4.69) is 10.7 Å². The Morgan fingerprint density at radius 2 is 2.21 bits per heavy atom. The molecule has 0 aromatic rings. The first-order valence-corrected chi connectivity index (χ1v) is 4.49. The van der Waals surface area contributed by atoms with E-state index >= 15 is 0 Å². The van der Waals surface area contributed by atoms with E-state index in [1.165, 1.54) is 12.0 Å². The van der Waals surface area contributed by atoms with E-state index in [0.29, 0.717) is 12.5 Å². The molecule has 1 rings (SSSR count). The molecule has 4 heteroatoms. The molecule has 14 heavy (non-hydrogen) atoms. The number of nitrogens with zero attached hydrogens (tertiary/aromatic N) is 1. The van der Waals surface area contributed by atoms with Crippen molar-refractivity contribution in [2.45, 2.75) is 12.8 Å². The Morgan fingerprint density at radius 3 is 2.64 bits per heavy atom. The van der Waals surface area contributed by atoms with Crippen LogP contribution in [0.3, 0.4) is 0 Å². The van der Waals surface area contributed by atoms with Gasteiger partial charge < -0.3 is 9.64 Å². The highest BCUT2D eigenvalue weighted by Crippen LogP contribution is 2.29. The second-order valence-corrected chi connectivity index (χ2v) is 3.32. The summed E-state index contributed by atoms with van der Waals surface area (Å²) in [4.78, 5) is 23.7. The van der Waals surface area contributed by atoms with Crippen LogP contribution in [-0.4, -0.2) is 37.0 Å². The normalized spacial score (nSPS) is 14.3. The van der Waals surface area contributed by atoms with E-state index in [0.717, 1.165) is 12.8 Å². The largest absolute Gasteiger partial charge is 0.462 e. The first-order chi connectivity index (χ1) is 6.69. The molecule has 4 nitrogen and oxygen atoms in total. The lowest BCUT2D eigenvalue weighted by Gasteiger charge is -2.17. The highest BCUT2D eigenvalue weighted by Gasteiger charge is 2.29. The maximum Gasteiger partial charge on any atom is 0.396 e. The zero-order chi connectivity index (χ0) is 10.6. The average molecular weight is 195 g/mol. The minimum absolute atomic E-state index is 0.171. The van der Waals surface area contributed by atoms with Gasteiger partial charge in [-0.3, -0.25) is 4.79 Å². The number of ether oxygens (including phenoxy) is 1. The van der Waals surface area contributed by atoms with Crippen LogP contribution in [0.25, 0.3) is 0 Å². The molecular weight excluding hydrogens is 182 g/mol. The third-order valence-corrected chi connectivity index (χ3v) is 2.10. The average Bonchev–Trinajstić information content (AvgIpc) is 2.98. The van der Waals surface area contributed by atoms with Crippen molar-refractivity contribution >= 4 is 11.9 Å². The Hall–Kier alpha value is -1.50. The van der Waals surface area contributed by atoms with Gasteiger partial charge in [-0.15, -0.1) is 6.42 Å². The molecule has 0 radical (unpaired) electrons. The summed E-state index contributed by atoms with van der Waals surface area (Å²) in [5.41, 5.74) is 0. The number of rotatable bonds is 3. The van der Waals surface area contributed by atoms with Crippen LogP contribution in [0, 0.1) is 18.3 Å². The summed E-state index contributed by atoms with van der Waals surface area (Å²) in [6, 6.07) is 0. The third-order valence-electron chi connectivity index (χ3n) is 2.10. The second-order valence-electron chi connectivity index (χ2n) is 3.32. The van der Waals surface area contributed by atoms with Crippen molar-refractivity contribution in [3.63, 3.8) is 0 Å². The fourth-order valence-corrected chi connectivity index (χ4v) is 1.16. The molecule has 0 saturated heterocycles. The predicted octanol–water partition coefficient (Wildman–Crippen LogP) is 0.0312. The molecular formula is C10H13NO3. The second kappa shape index (κ2) is 4.66. The lowest BCUT2D eigenvalue weighted by Crippen LogP contribution is -2.38. The molecule has 1 aliphatic rings. The summed E-state index contributed by atoms with van der Waals surface area (Å²) in [5, 5.41) is 0. The highest BCUT2D eigenvalue weighted by atomic mass is 16.5. The van der Waals surface area contributed by atoms with Crippen LogP contribution in [0.1, 0.15) is 12.8 Å². The Morgan fingerprint density at radius 1 is 1.57 bits per heavy atom. The van der Waals surface area contributed by atoms with Crippen LogP contribution in [0.2, 0.25) is 0 Å². The van der Waals surface area contributed by atoms with Crippen molar-refractivity contribution in [2.24, 2.45) is 5.92 Å². The van der Waals surface area contributed by atoms with Crippen molar-refractivity contribution in [1.82, 2.24) is 4.90 Å². The molecule has 1 fully saturated rings. The molecule has 0 unspecified atom stereocenters. The fraction of sp³-hybridized carbons (Fsp3) is 0.600. The maximum atomic E-state index is 11.4. The van der Waals surface area contributed by atoms with E-state index < -0.39 is 11.9 Å². The van der Waals surface area contributed by atoms with Crippen LogP contribution in [0.5, 0.6) is 0 Å². The van der Waals surface area contributed by atoms with Gasteiger partial charge in [-0.25, -0.2) is 4.79 Å². The van der Waals surface area contributed by atoms with Gasteiger partial charge in [0.1, 0.15) is 0 Å². The summed E-state index contributed by atoms with van der Waals surface area (Å²) < 4.78 is 4.34. The number of methoxy groups -OCH3 is 1. The number of hydrogen-bond donors (Lipinski definition) is 0. The molecule has 0 aromatic carbocycles. The third kappa shape index (κ3) is 2.77. The minimum atomic E-state index is -0.846. The SMILES string of the molecule is C#CCN(CC1CC1)C(=O)C(=O)OC. The Labute approximate surface area is 83.2 Å². The van der Waals surface area contributed by atoms with E-state index in [4.69, 9.17) is 6.42 Å². The van der Waals surface area contributed by atoms with Gasteiger partial charge in [-0.2, -0.15) is 0 Å². The highest BCUT2D eigenvalue weighted by molar-refractivity contribution is 6.32. The topological polar surface area (TPSA) is 46.6 Å². The van der Waals surface area contributed by atoms with Crippen LogP contribution in [0.4, 0.5) is 0 Å². The number of amides is 1. The number of terminal acetylenes is 1. The van der Waals surface area contributed by atoms with Gasteiger partial charge in [-0.1, -0.05) is 5.92 Å². The lowest BCUT2D eigenvalue weighted by atomic mass is 10.3. The molecule has 1 aliphatic carbocycles. The van der Waals surface area contributed by atoms with Crippen molar-refractivity contribution in [3.05, 3.63) is 0 Å². The fourth-order valence-electron chi connectivity index (χ4n) is 1.16. The monoisotopic (exact) mass is 195 g/mol. The van der Waals surface area contributed by atoms with Crippen LogP contribution in [-0.2, 0) is 14.3 Å². The molecule has 76 valence electrons. The molecule has 0 spiro atoms. The van der Waals surface area contributed by atoms with E-state index in [9.17, 15) is 9.59 Å². The number of carbonyl (C=O) groups excluding carboxylic acids is 2. The van der Waals surface area contributed by atoms with E-state index in [1.807, 2.05) is 0 Å². The van der Waals surface area contributed by atoms with E-state index in [1.54, 1.807) is 0 Å². The molecule has 0 aliphatic heterocycles. The minimum Gasteiger partial charge on any atom is -0.462 e. The number of esters is 1. The van der Waals surface area contributed by atoms with Crippen molar-refractivity contribution in [3.8, 4) is 12.3 Å². The number of carbonyl (C=O) groups is 2. The van der Waals surface area contributed by atoms with Gasteiger partial charge in [0.15, 0.2) is 0 Å². The molecule has 0 atom stereocenters. The predicted molar refractivity (Wildman–Crippen MR) is 50.2 cm³/mol. The molecule has 0 bridgehead atoms. The maximum absolute atomic E-state index is 11.4. The summed E-state index contributed by atoms with van der Waals surface area (Å²) in [6.45, 7) is 0.739. The van der Waals surface area contributed by atoms with Gasteiger partial charge in [0.2, 0.25) is 0 Å². The molecule has 0 aromatic heterocycles. The van der Waals surface area contributed by atoms with Crippen LogP contribution in [0.15, 0.2) is 0 Å². The smallest absolute Gasteiger partial charge is 0.396 e. The molecule has 0 heterocycles. The zero-order valence-electron chi connectivity index (χ0n) is 8.16. The summed E-state index contributed by atoms with van der Waals surface area (Å²) >= 11 is 0. The van der Waals surface area contributed by atoms with Gasteiger partial charge in [0, 0.05) is 6.54 Å². The molecule has 1 amide bonds. The van der Waals surface area contributed by atoms with Crippen LogP contribution >= 0.6 is 0 Å². The van der Waals surface area contributed by atoms with Gasteiger partial charge in [0.25, 0.3) is 0 Å². The van der Waals surface area contributed by atoms with E-state index in [-0.39, 0.29) is 6.54 Å². The lowest BCUT2D eigenvalue weighted by molar-refractivity contribution is -0.157. The number of hydrogen-bond acceptors (Lipinski definition) is 3. The Balaban J connectivity index is 2.51. The summed E-state index contributed by atoms with van der Waals surface area (Å²) in [6.07, 6.45) is 7.32. The molecule has 0 N–H and O–H groups in total. The van der Waals surface area contributed by atoms with Gasteiger partial charge in [-0.05, 0) is 18.8 Å². The Bertz CT molecular complexity index is 276. The van der Waals surface area contributed by atoms with Crippen molar-refractivity contribution in [2.75, 3.05) is 20.2 Å². The summed E-state index contributed by atoms with van der Waals surface area (Å²) in [5.74, 6) is 1.38. The standard InChI is InChI=1S/C10H13NO3/c1-3-6-11(7-8-4-5-8)9(12)10(13)14-2/h1,8H,4-7H2,2H3. The zero-order valence-corrected chi connectivity index (χ0v) is 8.16. The first kappa shape index (κ1) is 10.6. The Kier molecular flexibility index (Phi) is 3.52.